The Labute approximate surface area is 136 Å². The van der Waals surface area contributed by atoms with Crippen LogP contribution >= 0.6 is 0 Å². The number of hydrogen-bond acceptors (Lipinski definition) is 3. The standard InChI is InChI=1S/C19H21NO3/c1-13-9-17(10-14(2)15(13)3)22-12-18-11-20(19(21)23-18)16-7-5-4-6-8-16/h4-10,18H,11-12H2,1-3H3. The van der Waals surface area contributed by atoms with E-state index >= 15 is 0 Å². The number of hydrogen-bond donors (Lipinski definition) is 0. The Hall–Kier alpha value is -2.49. The highest BCUT2D eigenvalue weighted by molar-refractivity contribution is 5.89. The normalized spacial score (nSPS) is 17.3. The molecule has 0 radical (unpaired) electrons. The van der Waals surface area contributed by atoms with E-state index in [9.17, 15) is 4.79 Å². The summed E-state index contributed by atoms with van der Waals surface area (Å²) in [5, 5.41) is 0. The van der Waals surface area contributed by atoms with E-state index in [4.69, 9.17) is 9.47 Å². The zero-order chi connectivity index (χ0) is 16.4. The first-order chi connectivity index (χ1) is 11.0. The van der Waals surface area contributed by atoms with Gasteiger partial charge >= 0.3 is 6.09 Å². The topological polar surface area (TPSA) is 38.8 Å². The fourth-order valence-electron chi connectivity index (χ4n) is 2.70. The van der Waals surface area contributed by atoms with Gasteiger partial charge in [0.2, 0.25) is 0 Å². The summed E-state index contributed by atoms with van der Waals surface area (Å²) in [7, 11) is 0. The minimum absolute atomic E-state index is 0.260. The van der Waals surface area contributed by atoms with Crippen molar-refractivity contribution in [2.75, 3.05) is 18.1 Å². The summed E-state index contributed by atoms with van der Waals surface area (Å²) in [6.45, 7) is 7.11. The van der Waals surface area contributed by atoms with Gasteiger partial charge in [0.15, 0.2) is 6.10 Å². The Kier molecular flexibility index (Phi) is 4.24. The molecule has 0 aromatic heterocycles. The van der Waals surface area contributed by atoms with Gasteiger partial charge in [-0.05, 0) is 61.7 Å². The van der Waals surface area contributed by atoms with E-state index in [1.165, 1.54) is 16.7 Å². The van der Waals surface area contributed by atoms with E-state index in [0.717, 1.165) is 11.4 Å². The van der Waals surface area contributed by atoms with Gasteiger partial charge in [-0.2, -0.15) is 0 Å². The van der Waals surface area contributed by atoms with Crippen molar-refractivity contribution in [1.29, 1.82) is 0 Å². The second-order valence-electron chi connectivity index (χ2n) is 5.94. The summed E-state index contributed by atoms with van der Waals surface area (Å²) in [5.74, 6) is 0.819. The molecular weight excluding hydrogens is 290 g/mol. The van der Waals surface area contributed by atoms with Gasteiger partial charge in [0, 0.05) is 5.69 Å². The average molecular weight is 311 g/mol. The second-order valence-corrected chi connectivity index (χ2v) is 5.94. The zero-order valence-corrected chi connectivity index (χ0v) is 13.7. The van der Waals surface area contributed by atoms with Crippen molar-refractivity contribution in [2.45, 2.75) is 26.9 Å². The summed E-state index contributed by atoms with van der Waals surface area (Å²) < 4.78 is 11.2. The molecule has 1 atom stereocenters. The highest BCUT2D eigenvalue weighted by Gasteiger charge is 2.32. The van der Waals surface area contributed by atoms with Crippen LogP contribution < -0.4 is 9.64 Å². The maximum Gasteiger partial charge on any atom is 0.414 e. The highest BCUT2D eigenvalue weighted by atomic mass is 16.6. The number of aryl methyl sites for hydroxylation is 2. The Morgan fingerprint density at radius 1 is 1.13 bits per heavy atom. The van der Waals surface area contributed by atoms with Crippen molar-refractivity contribution in [2.24, 2.45) is 0 Å². The molecule has 0 saturated carbocycles. The van der Waals surface area contributed by atoms with Crippen molar-refractivity contribution in [3.05, 3.63) is 59.2 Å². The van der Waals surface area contributed by atoms with Gasteiger partial charge in [0.25, 0.3) is 0 Å². The van der Waals surface area contributed by atoms with E-state index in [2.05, 4.69) is 20.8 Å². The average Bonchev–Trinajstić information content (AvgIpc) is 2.92. The quantitative estimate of drug-likeness (QED) is 0.856. The largest absolute Gasteiger partial charge is 0.490 e. The Morgan fingerprint density at radius 3 is 2.43 bits per heavy atom. The van der Waals surface area contributed by atoms with Crippen molar-refractivity contribution < 1.29 is 14.3 Å². The molecule has 1 heterocycles. The summed E-state index contributed by atoms with van der Waals surface area (Å²) in [6.07, 6.45) is -0.578. The van der Waals surface area contributed by atoms with Crippen LogP contribution in [-0.4, -0.2) is 25.3 Å². The molecule has 0 spiro atoms. The molecule has 0 aliphatic carbocycles. The van der Waals surface area contributed by atoms with Crippen molar-refractivity contribution in [1.82, 2.24) is 0 Å². The number of nitrogens with zero attached hydrogens (tertiary/aromatic N) is 1. The molecule has 1 aliphatic rings. The number of cyclic esters (lactones) is 1. The van der Waals surface area contributed by atoms with Crippen LogP contribution in [0.1, 0.15) is 16.7 Å². The summed E-state index contributed by atoms with van der Waals surface area (Å²) in [5.41, 5.74) is 4.53. The molecular formula is C19H21NO3. The fourth-order valence-corrected chi connectivity index (χ4v) is 2.70. The summed E-state index contributed by atoms with van der Waals surface area (Å²) in [4.78, 5) is 13.6. The van der Waals surface area contributed by atoms with E-state index in [1.54, 1.807) is 4.90 Å². The van der Waals surface area contributed by atoms with Crippen LogP contribution in [0.3, 0.4) is 0 Å². The first-order valence-electron chi connectivity index (χ1n) is 7.78. The van der Waals surface area contributed by atoms with Crippen molar-refractivity contribution in [3.63, 3.8) is 0 Å². The lowest BCUT2D eigenvalue weighted by atomic mass is 10.0. The maximum absolute atomic E-state index is 12.0. The smallest absolute Gasteiger partial charge is 0.414 e. The Balaban J connectivity index is 1.63. The minimum Gasteiger partial charge on any atom is -0.490 e. The van der Waals surface area contributed by atoms with Gasteiger partial charge in [-0.25, -0.2) is 4.79 Å². The molecule has 2 aromatic rings. The molecule has 2 aromatic carbocycles. The number of amides is 1. The van der Waals surface area contributed by atoms with Crippen LogP contribution in [0.4, 0.5) is 10.5 Å². The molecule has 0 bridgehead atoms. The molecule has 23 heavy (non-hydrogen) atoms. The van der Waals surface area contributed by atoms with Crippen LogP contribution in [0.5, 0.6) is 5.75 Å². The predicted octanol–water partition coefficient (Wildman–Crippen LogP) is 4.02. The number of carbonyl (C=O) groups excluding carboxylic acids is 1. The van der Waals surface area contributed by atoms with Crippen LogP contribution in [-0.2, 0) is 4.74 Å². The molecule has 0 N–H and O–H groups in total. The van der Waals surface area contributed by atoms with Gasteiger partial charge < -0.3 is 9.47 Å². The summed E-state index contributed by atoms with van der Waals surface area (Å²) in [6, 6.07) is 13.6. The van der Waals surface area contributed by atoms with Crippen molar-refractivity contribution >= 4 is 11.8 Å². The zero-order valence-electron chi connectivity index (χ0n) is 13.7. The predicted molar refractivity (Wildman–Crippen MR) is 90.2 cm³/mol. The third-order valence-corrected chi connectivity index (χ3v) is 4.28. The van der Waals surface area contributed by atoms with Crippen LogP contribution in [0.25, 0.3) is 0 Å². The third kappa shape index (κ3) is 3.31. The third-order valence-electron chi connectivity index (χ3n) is 4.28. The van der Waals surface area contributed by atoms with E-state index < -0.39 is 0 Å². The van der Waals surface area contributed by atoms with Crippen LogP contribution in [0, 0.1) is 20.8 Å². The molecule has 1 unspecified atom stereocenters. The molecule has 1 amide bonds. The van der Waals surface area contributed by atoms with Crippen molar-refractivity contribution in [3.8, 4) is 5.75 Å². The first-order valence-corrected chi connectivity index (χ1v) is 7.78. The van der Waals surface area contributed by atoms with Gasteiger partial charge in [0.1, 0.15) is 12.4 Å². The van der Waals surface area contributed by atoms with Gasteiger partial charge in [-0.1, -0.05) is 18.2 Å². The highest BCUT2D eigenvalue weighted by Crippen LogP contribution is 2.24. The number of anilines is 1. The van der Waals surface area contributed by atoms with E-state index in [0.29, 0.717) is 13.2 Å². The Morgan fingerprint density at radius 2 is 1.78 bits per heavy atom. The molecule has 120 valence electrons. The lowest BCUT2D eigenvalue weighted by Gasteiger charge is -2.14. The van der Waals surface area contributed by atoms with Gasteiger partial charge in [-0.3, -0.25) is 4.90 Å². The fraction of sp³-hybridized carbons (Fsp3) is 0.316. The SMILES string of the molecule is Cc1cc(OCC2CN(c3ccccc3)C(=O)O2)cc(C)c1C. The number of ether oxygens (including phenoxy) is 2. The monoisotopic (exact) mass is 311 g/mol. The maximum atomic E-state index is 12.0. The number of carbonyl (C=O) groups is 1. The van der Waals surface area contributed by atoms with E-state index in [1.807, 2.05) is 42.5 Å². The number of benzene rings is 2. The lowest BCUT2D eigenvalue weighted by molar-refractivity contribution is 0.105. The number of para-hydroxylation sites is 1. The van der Waals surface area contributed by atoms with Crippen LogP contribution in [0.15, 0.2) is 42.5 Å². The molecule has 3 rings (SSSR count). The molecule has 4 heteroatoms. The van der Waals surface area contributed by atoms with Crippen LogP contribution in [0.2, 0.25) is 0 Å². The first kappa shape index (κ1) is 15.4. The molecule has 1 aliphatic heterocycles. The molecule has 1 fully saturated rings. The molecule has 1 saturated heterocycles. The van der Waals surface area contributed by atoms with Gasteiger partial charge in [0.05, 0.1) is 6.54 Å². The second kappa shape index (κ2) is 6.32. The number of rotatable bonds is 4. The van der Waals surface area contributed by atoms with E-state index in [-0.39, 0.29) is 12.2 Å². The lowest BCUT2D eigenvalue weighted by Crippen LogP contribution is -2.26. The summed E-state index contributed by atoms with van der Waals surface area (Å²) >= 11 is 0. The Bertz CT molecular complexity index is 689. The van der Waals surface area contributed by atoms with Gasteiger partial charge in [-0.15, -0.1) is 0 Å². The molecule has 4 nitrogen and oxygen atoms in total. The minimum atomic E-state index is -0.318.